The molecule has 10 heteroatoms. The number of aromatic nitrogens is 1. The van der Waals surface area contributed by atoms with E-state index in [1.54, 1.807) is 31.2 Å². The predicted octanol–water partition coefficient (Wildman–Crippen LogP) is -1.40. The number of carbonyl (C=O) groups excluding carboxylic acids is 1. The molecule has 0 unspecified atom stereocenters. The number of ether oxygens (including phenoxy) is 1. The van der Waals surface area contributed by atoms with Crippen molar-refractivity contribution in [1.82, 2.24) is 4.98 Å². The van der Waals surface area contributed by atoms with Crippen molar-refractivity contribution in [3.05, 3.63) is 63.6 Å². The van der Waals surface area contributed by atoms with Gasteiger partial charge >= 0.3 is 29.6 Å². The van der Waals surface area contributed by atoms with E-state index in [2.05, 4.69) is 4.98 Å². The van der Waals surface area contributed by atoms with E-state index in [1.165, 1.54) is 12.1 Å². The zero-order valence-corrected chi connectivity index (χ0v) is 18.3. The van der Waals surface area contributed by atoms with Crippen LogP contribution in [0.2, 0.25) is 0 Å². The van der Waals surface area contributed by atoms with E-state index in [0.717, 1.165) is 6.08 Å². The first kappa shape index (κ1) is 24.1. The molecule has 0 aliphatic heterocycles. The van der Waals surface area contributed by atoms with Crippen LogP contribution in [0.3, 0.4) is 0 Å². The van der Waals surface area contributed by atoms with Gasteiger partial charge in [0.25, 0.3) is 5.56 Å². The molecular weight excluding hydrogens is 397 g/mol. The van der Waals surface area contributed by atoms with Crippen LogP contribution in [0, 0.1) is 6.92 Å². The Bertz CT molecular complexity index is 1030. The Labute approximate surface area is 184 Å². The van der Waals surface area contributed by atoms with E-state index in [1.807, 2.05) is 0 Å². The first-order valence-electron chi connectivity index (χ1n) is 7.97. The van der Waals surface area contributed by atoms with Gasteiger partial charge in [0, 0.05) is 11.4 Å². The summed E-state index contributed by atoms with van der Waals surface area (Å²) in [6, 6.07) is 7.90. The van der Waals surface area contributed by atoms with Crippen LogP contribution in [0.15, 0.2) is 41.2 Å². The molecule has 28 heavy (non-hydrogen) atoms. The first-order chi connectivity index (χ1) is 12.7. The van der Waals surface area contributed by atoms with Gasteiger partial charge in [0.2, 0.25) is 0 Å². The van der Waals surface area contributed by atoms with E-state index in [4.69, 9.17) is 4.74 Å². The zero-order chi connectivity index (χ0) is 20.0. The van der Waals surface area contributed by atoms with Gasteiger partial charge < -0.3 is 19.4 Å². The molecule has 0 fully saturated rings. The first-order valence-corrected chi connectivity index (χ1v) is 9.55. The molecule has 2 aromatic rings. The molecule has 2 N–H and O–H groups in total. The average molecular weight is 415 g/mol. The maximum atomic E-state index is 12.2. The van der Waals surface area contributed by atoms with E-state index < -0.39 is 33.0 Å². The SMILES string of the molecule is Cc1cc(O)c(C(=O)C=Cc2cccc(OCCCS(=O)(=O)[O-])c2)c(=O)[nH]1.[Na+]. The number of allylic oxidation sites excluding steroid dienone is 1. The number of pyridine rings is 1. The third-order valence-corrected chi connectivity index (χ3v) is 4.27. The number of benzene rings is 1. The number of aromatic amines is 1. The molecule has 0 aliphatic carbocycles. The number of H-pyrrole nitrogens is 1. The monoisotopic (exact) mass is 415 g/mol. The fraction of sp³-hybridized carbons (Fsp3) is 0.222. The number of aromatic hydroxyl groups is 1. The third-order valence-electron chi connectivity index (χ3n) is 3.49. The summed E-state index contributed by atoms with van der Waals surface area (Å²) in [6.07, 6.45) is 2.68. The third kappa shape index (κ3) is 7.61. The van der Waals surface area contributed by atoms with Crippen molar-refractivity contribution in [2.75, 3.05) is 12.4 Å². The van der Waals surface area contributed by atoms with Crippen LogP contribution in [0.25, 0.3) is 6.08 Å². The molecule has 0 atom stereocenters. The second-order valence-corrected chi connectivity index (χ2v) is 7.30. The van der Waals surface area contributed by atoms with Crippen LogP contribution in [-0.2, 0) is 10.1 Å². The van der Waals surface area contributed by atoms with Crippen molar-refractivity contribution in [2.24, 2.45) is 0 Å². The van der Waals surface area contributed by atoms with Gasteiger partial charge in [-0.15, -0.1) is 0 Å². The Hall–Kier alpha value is -1.91. The summed E-state index contributed by atoms with van der Waals surface area (Å²) in [5, 5.41) is 9.80. The number of rotatable bonds is 8. The molecule has 1 heterocycles. The summed E-state index contributed by atoms with van der Waals surface area (Å²) in [5.41, 5.74) is 0.0172. The van der Waals surface area contributed by atoms with Gasteiger partial charge in [-0.25, -0.2) is 8.42 Å². The minimum atomic E-state index is -4.27. The Morgan fingerprint density at radius 1 is 1.32 bits per heavy atom. The van der Waals surface area contributed by atoms with E-state index in [0.29, 0.717) is 17.0 Å². The Morgan fingerprint density at radius 3 is 2.68 bits per heavy atom. The van der Waals surface area contributed by atoms with Crippen LogP contribution >= 0.6 is 0 Å². The number of nitrogens with one attached hydrogen (secondary N) is 1. The number of carbonyl (C=O) groups is 1. The van der Waals surface area contributed by atoms with Crippen LogP contribution in [0.4, 0.5) is 0 Å². The van der Waals surface area contributed by atoms with Crippen LogP contribution < -0.4 is 39.9 Å². The van der Waals surface area contributed by atoms with Crippen LogP contribution in [0.1, 0.15) is 28.0 Å². The van der Waals surface area contributed by atoms with Gasteiger partial charge in [-0.05, 0) is 43.2 Å². The van der Waals surface area contributed by atoms with Crippen molar-refractivity contribution < 1.29 is 57.2 Å². The fourth-order valence-corrected chi connectivity index (χ4v) is 2.77. The van der Waals surface area contributed by atoms with Gasteiger partial charge in [0.15, 0.2) is 5.78 Å². The second kappa shape index (κ2) is 10.6. The topological polar surface area (TPSA) is 137 Å². The van der Waals surface area contributed by atoms with Crippen molar-refractivity contribution in [2.45, 2.75) is 13.3 Å². The smallest absolute Gasteiger partial charge is 0.748 e. The fourth-order valence-electron chi connectivity index (χ4n) is 2.30. The summed E-state index contributed by atoms with van der Waals surface area (Å²) in [5.74, 6) is -1.11. The molecule has 0 bridgehead atoms. The van der Waals surface area contributed by atoms with Crippen LogP contribution in [-0.4, -0.2) is 41.2 Å². The van der Waals surface area contributed by atoms with Crippen molar-refractivity contribution in [1.29, 1.82) is 0 Å². The number of hydrogen-bond acceptors (Lipinski definition) is 7. The normalized spacial score (nSPS) is 11.2. The Morgan fingerprint density at radius 2 is 2.04 bits per heavy atom. The molecule has 1 aromatic carbocycles. The number of hydrogen-bond donors (Lipinski definition) is 2. The summed E-state index contributed by atoms with van der Waals surface area (Å²) < 4.78 is 37.0. The van der Waals surface area contributed by atoms with Gasteiger partial charge in [-0.3, -0.25) is 9.59 Å². The molecule has 0 aliphatic rings. The summed E-state index contributed by atoms with van der Waals surface area (Å²) in [4.78, 5) is 26.5. The van der Waals surface area contributed by atoms with Gasteiger partial charge in [-0.1, -0.05) is 18.2 Å². The Balaban J connectivity index is 0.00000392. The molecule has 0 radical (unpaired) electrons. The van der Waals surface area contributed by atoms with Gasteiger partial charge in [-0.2, -0.15) is 0 Å². The van der Waals surface area contributed by atoms with Crippen molar-refractivity contribution >= 4 is 22.0 Å². The number of aryl methyl sites for hydroxylation is 1. The molecule has 0 spiro atoms. The second-order valence-electron chi connectivity index (χ2n) is 5.78. The largest absolute Gasteiger partial charge is 1.00 e. The summed E-state index contributed by atoms with van der Waals surface area (Å²) in [7, 11) is -4.27. The van der Waals surface area contributed by atoms with Gasteiger partial charge in [0.05, 0.1) is 16.7 Å². The standard InChI is InChI=1S/C18H19NO7S.Na/c1-12-10-16(21)17(18(22)19-12)15(20)7-6-13-4-2-5-14(11-13)26-8-3-9-27(23,24)25;/h2,4-7,10-11H,3,8-9H2,1H3,(H2,19,21,22)(H,23,24,25);/q;+1/p-1. The maximum absolute atomic E-state index is 12.2. The van der Waals surface area contributed by atoms with Crippen molar-refractivity contribution in [3.63, 3.8) is 0 Å². The van der Waals surface area contributed by atoms with Gasteiger partial charge in [0.1, 0.15) is 17.1 Å². The van der Waals surface area contributed by atoms with Crippen LogP contribution in [0.5, 0.6) is 11.5 Å². The quantitative estimate of drug-likeness (QED) is 0.178. The van der Waals surface area contributed by atoms with E-state index in [-0.39, 0.29) is 48.1 Å². The predicted molar refractivity (Wildman–Crippen MR) is 97.9 cm³/mol. The molecule has 8 nitrogen and oxygen atoms in total. The van der Waals surface area contributed by atoms with E-state index in [9.17, 15) is 27.7 Å². The molecule has 144 valence electrons. The molecule has 0 saturated heterocycles. The van der Waals surface area contributed by atoms with E-state index >= 15 is 0 Å². The maximum Gasteiger partial charge on any atom is 1.00 e. The zero-order valence-electron chi connectivity index (χ0n) is 15.5. The minimum Gasteiger partial charge on any atom is -0.748 e. The van der Waals surface area contributed by atoms with Crippen molar-refractivity contribution in [3.8, 4) is 11.5 Å². The molecule has 0 amide bonds. The molecule has 1 aromatic heterocycles. The summed E-state index contributed by atoms with van der Waals surface area (Å²) >= 11 is 0. The molecular formula is C18H18NNaO7S. The average Bonchev–Trinajstić information content (AvgIpc) is 2.55. The number of ketones is 1. The summed E-state index contributed by atoms with van der Waals surface area (Å²) in [6.45, 7) is 1.64. The minimum absolute atomic E-state index is 0. The Kier molecular flexibility index (Phi) is 9.12. The molecule has 2 rings (SSSR count). The molecule has 0 saturated carbocycles.